The van der Waals surface area contributed by atoms with Gasteiger partial charge in [-0.1, -0.05) is 69.7 Å². The number of hydrogen-bond donors (Lipinski definition) is 1. The summed E-state index contributed by atoms with van der Waals surface area (Å²) >= 11 is 0. The fraction of sp³-hybridized carbons (Fsp3) is 0.667. The first-order valence-corrected chi connectivity index (χ1v) is 17.2. The van der Waals surface area contributed by atoms with Crippen LogP contribution in [0.2, 0.25) is 0 Å². The molecule has 45 heavy (non-hydrogen) atoms. The van der Waals surface area contributed by atoms with Crippen molar-refractivity contribution in [2.24, 2.45) is 39.9 Å². The van der Waals surface area contributed by atoms with Gasteiger partial charge in [0.25, 0.3) is 0 Å². The maximum atomic E-state index is 14.6. The normalized spacial score (nSPS) is 38.4. The van der Waals surface area contributed by atoms with Crippen LogP contribution in [-0.4, -0.2) is 37.0 Å². The van der Waals surface area contributed by atoms with Crippen LogP contribution in [0.1, 0.15) is 105 Å². The number of benzene rings is 1. The van der Waals surface area contributed by atoms with Crippen molar-refractivity contribution < 1.29 is 23.9 Å². The number of carbonyl (C=O) groups excluding carboxylic acids is 3. The van der Waals surface area contributed by atoms with Gasteiger partial charge in [0, 0.05) is 37.4 Å². The van der Waals surface area contributed by atoms with Crippen LogP contribution in [-0.2, 0) is 30.4 Å². The SMILES string of the molecule is COC(=O)/C(CCC=C(C)C)=C1\[C@@H](OC(C)=O)C[C@@]2(C)[C@H]1CC(=O)[C@H]1[C@@]3(C)CC[C@H](NCc4ccccc4)[C@@H](C)[C@@H]3CC[C@@]12C. The fourth-order valence-corrected chi connectivity index (χ4v) is 10.7. The van der Waals surface area contributed by atoms with Crippen LogP contribution >= 0.6 is 0 Å². The van der Waals surface area contributed by atoms with Crippen molar-refractivity contribution >= 4 is 17.7 Å². The van der Waals surface area contributed by atoms with Crippen LogP contribution in [0.5, 0.6) is 0 Å². The first-order valence-electron chi connectivity index (χ1n) is 17.2. The van der Waals surface area contributed by atoms with Gasteiger partial charge in [0.05, 0.1) is 7.11 Å². The minimum atomic E-state index is -0.524. The highest BCUT2D eigenvalue weighted by Crippen LogP contribution is 2.73. The van der Waals surface area contributed by atoms with Gasteiger partial charge in [-0.15, -0.1) is 0 Å². The Hall–Kier alpha value is -2.73. The molecule has 9 atom stereocenters. The molecular formula is C39H55NO5. The molecule has 0 heterocycles. The van der Waals surface area contributed by atoms with E-state index in [0.29, 0.717) is 54.9 Å². The Morgan fingerprint density at radius 1 is 1.02 bits per heavy atom. The summed E-state index contributed by atoms with van der Waals surface area (Å²) in [5.74, 6) is 0.294. The lowest BCUT2D eigenvalue weighted by Crippen LogP contribution is -2.65. The Kier molecular flexibility index (Phi) is 9.58. The summed E-state index contributed by atoms with van der Waals surface area (Å²) in [6, 6.07) is 11.0. The third-order valence-corrected chi connectivity index (χ3v) is 13.0. The van der Waals surface area contributed by atoms with E-state index in [1.165, 1.54) is 25.2 Å². The molecule has 0 unspecified atom stereocenters. The molecule has 6 nitrogen and oxygen atoms in total. The molecule has 246 valence electrons. The predicted octanol–water partition coefficient (Wildman–Crippen LogP) is 7.76. The topological polar surface area (TPSA) is 81.7 Å². The number of ether oxygens (including phenoxy) is 2. The van der Waals surface area contributed by atoms with E-state index in [-0.39, 0.29) is 40.0 Å². The third-order valence-electron chi connectivity index (χ3n) is 13.0. The maximum absolute atomic E-state index is 14.6. The molecular weight excluding hydrogens is 562 g/mol. The van der Waals surface area contributed by atoms with Crippen molar-refractivity contribution in [1.82, 2.24) is 5.32 Å². The Balaban J connectivity index is 1.49. The van der Waals surface area contributed by atoms with Crippen LogP contribution in [0.3, 0.4) is 0 Å². The van der Waals surface area contributed by atoms with Crippen molar-refractivity contribution in [3.63, 3.8) is 0 Å². The first kappa shape index (κ1) is 33.6. The van der Waals surface area contributed by atoms with Crippen molar-refractivity contribution in [3.8, 4) is 0 Å². The van der Waals surface area contributed by atoms with Gasteiger partial charge in [-0.3, -0.25) is 9.59 Å². The lowest BCUT2D eigenvalue weighted by molar-refractivity contribution is -0.192. The summed E-state index contributed by atoms with van der Waals surface area (Å²) in [6.07, 6.45) is 7.92. The summed E-state index contributed by atoms with van der Waals surface area (Å²) < 4.78 is 11.3. The highest BCUT2D eigenvalue weighted by molar-refractivity contribution is 5.91. The molecule has 0 saturated heterocycles. The second kappa shape index (κ2) is 12.8. The second-order valence-corrected chi connectivity index (χ2v) is 15.6. The third kappa shape index (κ3) is 5.85. The van der Waals surface area contributed by atoms with Gasteiger partial charge in [0.15, 0.2) is 0 Å². The molecule has 0 aromatic heterocycles. The monoisotopic (exact) mass is 617 g/mol. The average molecular weight is 618 g/mol. The average Bonchev–Trinajstić information content (AvgIpc) is 3.26. The molecule has 0 bridgehead atoms. The van der Waals surface area contributed by atoms with Crippen LogP contribution < -0.4 is 5.32 Å². The number of allylic oxidation sites excluding steroid dienone is 2. The molecule has 4 aliphatic carbocycles. The second-order valence-electron chi connectivity index (χ2n) is 15.6. The van der Waals surface area contributed by atoms with E-state index in [1.54, 1.807) is 0 Å². The summed E-state index contributed by atoms with van der Waals surface area (Å²) in [7, 11) is 1.41. The van der Waals surface area contributed by atoms with Gasteiger partial charge >= 0.3 is 11.9 Å². The Bertz CT molecular complexity index is 1360. The molecule has 0 radical (unpaired) electrons. The fourth-order valence-electron chi connectivity index (χ4n) is 10.7. The molecule has 0 aliphatic heterocycles. The molecule has 6 heteroatoms. The van der Waals surface area contributed by atoms with Gasteiger partial charge in [-0.25, -0.2) is 4.79 Å². The van der Waals surface area contributed by atoms with Gasteiger partial charge < -0.3 is 14.8 Å². The van der Waals surface area contributed by atoms with E-state index in [4.69, 9.17) is 9.47 Å². The number of nitrogens with one attached hydrogen (secondary N) is 1. The van der Waals surface area contributed by atoms with E-state index in [1.807, 2.05) is 13.8 Å². The molecule has 1 aromatic rings. The molecule has 4 saturated carbocycles. The Morgan fingerprint density at radius 3 is 2.38 bits per heavy atom. The van der Waals surface area contributed by atoms with Crippen molar-refractivity contribution in [3.05, 3.63) is 58.7 Å². The zero-order chi connectivity index (χ0) is 32.7. The maximum Gasteiger partial charge on any atom is 0.333 e. The zero-order valence-corrected chi connectivity index (χ0v) is 28.8. The lowest BCUT2D eigenvalue weighted by atomic mass is 9.36. The number of fused-ring (bicyclic) bond motifs is 5. The Morgan fingerprint density at radius 2 is 1.73 bits per heavy atom. The number of methoxy groups -OCH3 is 1. The lowest BCUT2D eigenvalue weighted by Gasteiger charge is -2.67. The van der Waals surface area contributed by atoms with E-state index in [2.05, 4.69) is 69.4 Å². The zero-order valence-electron chi connectivity index (χ0n) is 28.8. The van der Waals surface area contributed by atoms with Crippen molar-refractivity contribution in [2.45, 2.75) is 119 Å². The number of esters is 2. The molecule has 0 spiro atoms. The minimum absolute atomic E-state index is 0.0629. The molecule has 4 aliphatic rings. The summed E-state index contributed by atoms with van der Waals surface area (Å²) in [5, 5.41) is 3.87. The minimum Gasteiger partial charge on any atom is -0.466 e. The molecule has 5 rings (SSSR count). The number of Topliss-reactive ketones (excluding diaryl/α,β-unsaturated/α-hetero) is 1. The van der Waals surface area contributed by atoms with Crippen molar-refractivity contribution in [1.29, 1.82) is 0 Å². The van der Waals surface area contributed by atoms with Gasteiger partial charge in [0.1, 0.15) is 11.9 Å². The molecule has 4 fully saturated rings. The van der Waals surface area contributed by atoms with E-state index in [9.17, 15) is 14.4 Å². The van der Waals surface area contributed by atoms with Crippen LogP contribution in [0, 0.1) is 39.9 Å². The Labute approximate surface area is 270 Å². The van der Waals surface area contributed by atoms with Crippen LogP contribution in [0.15, 0.2) is 53.1 Å². The summed E-state index contributed by atoms with van der Waals surface area (Å²) in [5.41, 5.74) is 3.24. The van der Waals surface area contributed by atoms with Crippen LogP contribution in [0.25, 0.3) is 0 Å². The van der Waals surface area contributed by atoms with E-state index in [0.717, 1.165) is 37.8 Å². The first-order chi connectivity index (χ1) is 21.3. The predicted molar refractivity (Wildman–Crippen MR) is 177 cm³/mol. The summed E-state index contributed by atoms with van der Waals surface area (Å²) in [4.78, 5) is 40.4. The largest absolute Gasteiger partial charge is 0.466 e. The highest BCUT2D eigenvalue weighted by Gasteiger charge is 2.71. The number of ketones is 1. The number of hydrogen-bond acceptors (Lipinski definition) is 6. The number of rotatable bonds is 8. The summed E-state index contributed by atoms with van der Waals surface area (Å²) in [6.45, 7) is 15.9. The standard InChI is InChI=1S/C39H55NO5/c1-24(2)13-12-16-28(36(43)44-8)34-30-21-32(42)35-37(5)19-18-31(40-23-27-14-10-9-11-15-27)25(3)29(37)17-20-38(35,6)39(30,7)22-33(34)45-26(4)41/h9-11,13-15,25,29-31,33,35,40H,12,16-23H2,1-8H3/b34-28-/t25-,29-,30-,31-,33-,35-,37-,38-,39-/m0/s1. The van der Waals surface area contributed by atoms with Gasteiger partial charge in [0.2, 0.25) is 0 Å². The van der Waals surface area contributed by atoms with Gasteiger partial charge in [-0.2, -0.15) is 0 Å². The van der Waals surface area contributed by atoms with Gasteiger partial charge in [-0.05, 0) is 104 Å². The van der Waals surface area contributed by atoms with E-state index >= 15 is 0 Å². The molecule has 1 aromatic carbocycles. The highest BCUT2D eigenvalue weighted by atomic mass is 16.5. The van der Waals surface area contributed by atoms with Crippen molar-refractivity contribution in [2.75, 3.05) is 7.11 Å². The smallest absolute Gasteiger partial charge is 0.333 e. The molecule has 1 N–H and O–H groups in total. The van der Waals surface area contributed by atoms with E-state index < -0.39 is 6.10 Å². The number of carbonyl (C=O) groups is 3. The molecule has 0 amide bonds. The quantitative estimate of drug-likeness (QED) is 0.182. The van der Waals surface area contributed by atoms with Crippen LogP contribution in [0.4, 0.5) is 0 Å².